The Kier molecular flexibility index (Phi) is 4.13. The van der Waals surface area contributed by atoms with Crippen molar-refractivity contribution < 1.29 is 18.7 Å². The van der Waals surface area contributed by atoms with Gasteiger partial charge in [-0.05, 0) is 61.9 Å². The zero-order valence-electron chi connectivity index (χ0n) is 16.5. The maximum atomic E-state index is 13.2. The Hall–Kier alpha value is -3.93. The van der Waals surface area contributed by atoms with Crippen LogP contribution in [0, 0.1) is 6.92 Å². The summed E-state index contributed by atoms with van der Waals surface area (Å²) in [7, 11) is 0. The zero-order chi connectivity index (χ0) is 20.8. The van der Waals surface area contributed by atoms with Crippen LogP contribution in [0.5, 0.6) is 5.75 Å². The molecule has 0 N–H and O–H groups in total. The van der Waals surface area contributed by atoms with Gasteiger partial charge in [-0.2, -0.15) is 0 Å². The molecule has 3 aromatic carbocycles. The van der Waals surface area contributed by atoms with Crippen molar-refractivity contribution in [3.63, 3.8) is 0 Å². The fourth-order valence-corrected chi connectivity index (χ4v) is 3.67. The van der Waals surface area contributed by atoms with Gasteiger partial charge in [0.1, 0.15) is 11.3 Å². The molecule has 6 heteroatoms. The summed E-state index contributed by atoms with van der Waals surface area (Å²) in [5.41, 5.74) is 4.24. The Balaban J connectivity index is 1.57. The molecular weight excluding hydrogens is 380 g/mol. The lowest BCUT2D eigenvalue weighted by Gasteiger charge is -2.17. The molecule has 0 unspecified atom stereocenters. The van der Waals surface area contributed by atoms with E-state index in [-0.39, 0.29) is 5.91 Å². The second-order valence-electron chi connectivity index (χ2n) is 7.10. The quantitative estimate of drug-likeness (QED) is 0.452. The maximum Gasteiger partial charge on any atom is 0.266 e. The van der Waals surface area contributed by atoms with Gasteiger partial charge in [0.25, 0.3) is 11.8 Å². The van der Waals surface area contributed by atoms with Crippen LogP contribution in [0.1, 0.15) is 33.2 Å². The minimum atomic E-state index is -0.393. The predicted octanol–water partition coefficient (Wildman–Crippen LogP) is 5.00. The number of rotatable bonds is 4. The molecule has 0 saturated heterocycles. The monoisotopic (exact) mass is 398 g/mol. The van der Waals surface area contributed by atoms with Crippen molar-refractivity contribution in [1.29, 1.82) is 0 Å². The molecule has 0 saturated carbocycles. The Morgan fingerprint density at radius 1 is 0.967 bits per heavy atom. The average Bonchev–Trinajstić information content (AvgIpc) is 3.27. The van der Waals surface area contributed by atoms with E-state index in [1.165, 1.54) is 0 Å². The van der Waals surface area contributed by atoms with E-state index in [9.17, 15) is 9.59 Å². The number of hydrogen-bond acceptors (Lipinski definition) is 5. The molecule has 0 spiro atoms. The molecule has 0 atom stereocenters. The lowest BCUT2D eigenvalue weighted by Crippen LogP contribution is -2.29. The summed E-state index contributed by atoms with van der Waals surface area (Å²) in [4.78, 5) is 31.8. The van der Waals surface area contributed by atoms with Crippen LogP contribution in [-0.2, 0) is 0 Å². The van der Waals surface area contributed by atoms with Gasteiger partial charge in [0.05, 0.1) is 23.4 Å². The van der Waals surface area contributed by atoms with Crippen molar-refractivity contribution in [3.05, 3.63) is 77.4 Å². The normalized spacial score (nSPS) is 13.2. The first-order chi connectivity index (χ1) is 14.6. The summed E-state index contributed by atoms with van der Waals surface area (Å²) in [6.45, 7) is 4.27. The molecule has 2 heterocycles. The number of carbonyl (C=O) groups excluding carboxylic acids is 2. The SMILES string of the molecule is CCOc1ccccc1N1C(=O)c2ccc(-c3nc4ccc(C)cc4o3)cc2C1=O. The fraction of sp³-hybridized carbons (Fsp3) is 0.125. The van der Waals surface area contributed by atoms with Crippen LogP contribution in [0.15, 0.2) is 65.1 Å². The Labute approximate surface area is 172 Å². The van der Waals surface area contributed by atoms with Crippen LogP contribution < -0.4 is 9.64 Å². The van der Waals surface area contributed by atoms with E-state index in [0.29, 0.717) is 46.2 Å². The van der Waals surface area contributed by atoms with Crippen molar-refractivity contribution in [3.8, 4) is 17.2 Å². The molecule has 0 aliphatic carbocycles. The third-order valence-electron chi connectivity index (χ3n) is 5.08. The van der Waals surface area contributed by atoms with E-state index < -0.39 is 5.91 Å². The molecule has 0 bridgehead atoms. The molecule has 5 rings (SSSR count). The topological polar surface area (TPSA) is 72.6 Å². The molecule has 2 amide bonds. The van der Waals surface area contributed by atoms with Gasteiger partial charge >= 0.3 is 0 Å². The van der Waals surface area contributed by atoms with Crippen molar-refractivity contribution in [1.82, 2.24) is 4.98 Å². The van der Waals surface area contributed by atoms with Gasteiger partial charge in [0.2, 0.25) is 5.89 Å². The predicted molar refractivity (Wildman–Crippen MR) is 113 cm³/mol. The van der Waals surface area contributed by atoms with E-state index in [1.54, 1.807) is 42.5 Å². The van der Waals surface area contributed by atoms with E-state index in [2.05, 4.69) is 4.98 Å². The molecule has 30 heavy (non-hydrogen) atoms. The number of imide groups is 1. The first-order valence-corrected chi connectivity index (χ1v) is 9.69. The van der Waals surface area contributed by atoms with Gasteiger partial charge in [-0.25, -0.2) is 9.88 Å². The molecule has 0 radical (unpaired) electrons. The van der Waals surface area contributed by atoms with E-state index >= 15 is 0 Å². The summed E-state index contributed by atoms with van der Waals surface area (Å²) in [6.07, 6.45) is 0. The highest BCUT2D eigenvalue weighted by molar-refractivity contribution is 6.35. The van der Waals surface area contributed by atoms with Gasteiger partial charge in [0, 0.05) is 5.56 Å². The largest absolute Gasteiger partial charge is 0.492 e. The van der Waals surface area contributed by atoms with Crippen LogP contribution in [0.2, 0.25) is 0 Å². The summed E-state index contributed by atoms with van der Waals surface area (Å²) in [5, 5.41) is 0. The van der Waals surface area contributed by atoms with E-state index in [1.807, 2.05) is 32.0 Å². The molecule has 1 aliphatic rings. The number of benzene rings is 3. The third kappa shape index (κ3) is 2.76. The number of aromatic nitrogens is 1. The maximum absolute atomic E-state index is 13.2. The molecular formula is C24H18N2O4. The third-order valence-corrected chi connectivity index (χ3v) is 5.08. The lowest BCUT2D eigenvalue weighted by molar-refractivity contribution is 0.0925. The number of para-hydroxylation sites is 2. The van der Waals surface area contributed by atoms with Crippen LogP contribution >= 0.6 is 0 Å². The summed E-state index contributed by atoms with van der Waals surface area (Å²) < 4.78 is 11.5. The highest BCUT2D eigenvalue weighted by Gasteiger charge is 2.38. The Morgan fingerprint density at radius 2 is 1.77 bits per heavy atom. The Bertz CT molecular complexity index is 1320. The second-order valence-corrected chi connectivity index (χ2v) is 7.10. The average molecular weight is 398 g/mol. The number of carbonyl (C=O) groups is 2. The minimum absolute atomic E-state index is 0.322. The van der Waals surface area contributed by atoms with Gasteiger partial charge in [-0.1, -0.05) is 18.2 Å². The molecule has 0 fully saturated rings. The first kappa shape index (κ1) is 18.1. The molecule has 148 valence electrons. The van der Waals surface area contributed by atoms with E-state index in [0.717, 1.165) is 16.0 Å². The molecule has 1 aromatic heterocycles. The van der Waals surface area contributed by atoms with Crippen LogP contribution in [0.4, 0.5) is 5.69 Å². The number of fused-ring (bicyclic) bond motifs is 2. The zero-order valence-corrected chi connectivity index (χ0v) is 16.5. The standard InChI is InChI=1S/C24H18N2O4/c1-3-29-20-7-5-4-6-19(20)26-23(27)16-10-9-15(13-17(16)24(26)28)22-25-18-11-8-14(2)12-21(18)30-22/h4-13H,3H2,1-2H3. The van der Waals surface area contributed by atoms with Gasteiger partial charge < -0.3 is 9.15 Å². The first-order valence-electron chi connectivity index (χ1n) is 9.69. The lowest BCUT2D eigenvalue weighted by atomic mass is 10.1. The Morgan fingerprint density at radius 3 is 2.60 bits per heavy atom. The summed E-state index contributed by atoms with van der Waals surface area (Å²) in [6, 6.07) is 17.9. The number of nitrogens with zero attached hydrogens (tertiary/aromatic N) is 2. The van der Waals surface area contributed by atoms with Crippen molar-refractivity contribution in [2.75, 3.05) is 11.5 Å². The highest BCUT2D eigenvalue weighted by atomic mass is 16.5. The number of ether oxygens (including phenoxy) is 1. The van der Waals surface area contributed by atoms with Gasteiger partial charge in [0.15, 0.2) is 5.58 Å². The molecule has 4 aromatic rings. The minimum Gasteiger partial charge on any atom is -0.492 e. The number of anilines is 1. The van der Waals surface area contributed by atoms with Crippen LogP contribution in [-0.4, -0.2) is 23.4 Å². The summed E-state index contributed by atoms with van der Waals surface area (Å²) >= 11 is 0. The smallest absolute Gasteiger partial charge is 0.266 e. The molecule has 1 aliphatic heterocycles. The molecule has 6 nitrogen and oxygen atoms in total. The summed E-state index contributed by atoms with van der Waals surface area (Å²) in [5.74, 6) is 0.133. The van der Waals surface area contributed by atoms with Crippen molar-refractivity contribution >= 4 is 28.6 Å². The van der Waals surface area contributed by atoms with E-state index in [4.69, 9.17) is 9.15 Å². The van der Waals surface area contributed by atoms with Crippen LogP contribution in [0.25, 0.3) is 22.6 Å². The number of hydrogen-bond donors (Lipinski definition) is 0. The van der Waals surface area contributed by atoms with Crippen molar-refractivity contribution in [2.24, 2.45) is 0 Å². The van der Waals surface area contributed by atoms with Gasteiger partial charge in [-0.15, -0.1) is 0 Å². The van der Waals surface area contributed by atoms with Crippen molar-refractivity contribution in [2.45, 2.75) is 13.8 Å². The van der Waals surface area contributed by atoms with Gasteiger partial charge in [-0.3, -0.25) is 9.59 Å². The highest BCUT2D eigenvalue weighted by Crippen LogP contribution is 2.36. The number of oxazole rings is 1. The fourth-order valence-electron chi connectivity index (χ4n) is 3.67. The second kappa shape index (κ2) is 6.84. The number of aryl methyl sites for hydroxylation is 1. The number of amides is 2. The van der Waals surface area contributed by atoms with Crippen LogP contribution in [0.3, 0.4) is 0 Å².